The van der Waals surface area contributed by atoms with Crippen molar-refractivity contribution in [1.82, 2.24) is 9.80 Å². The summed E-state index contributed by atoms with van der Waals surface area (Å²) >= 11 is 0. The fourth-order valence-electron chi connectivity index (χ4n) is 5.39. The van der Waals surface area contributed by atoms with E-state index in [2.05, 4.69) is 25.1 Å². The molecule has 0 bridgehead atoms. The van der Waals surface area contributed by atoms with Crippen LogP contribution in [0.25, 0.3) is 0 Å². The van der Waals surface area contributed by atoms with Crippen molar-refractivity contribution in [2.24, 2.45) is 11.3 Å². The topological polar surface area (TPSA) is 59.1 Å². The van der Waals surface area contributed by atoms with E-state index in [9.17, 15) is 9.59 Å². The average molecular weight is 443 g/mol. The van der Waals surface area contributed by atoms with Crippen molar-refractivity contribution in [3.63, 3.8) is 0 Å². The van der Waals surface area contributed by atoms with Gasteiger partial charge in [-0.2, -0.15) is 0 Å². The minimum absolute atomic E-state index is 0.108. The quantitative estimate of drug-likeness (QED) is 0.619. The SMILES string of the molecule is Cc1ccc2c(c1)OCCN(C(=O)C1CCC3(CC1)CCN(C(=O)OC(C)(C)C)CC3)C2. The molecule has 32 heavy (non-hydrogen) atoms. The van der Waals surface area contributed by atoms with Crippen molar-refractivity contribution >= 4 is 12.0 Å². The zero-order valence-electron chi connectivity index (χ0n) is 20.1. The fourth-order valence-corrected chi connectivity index (χ4v) is 5.39. The maximum atomic E-state index is 13.3. The first-order valence-electron chi connectivity index (χ1n) is 12.1. The standard InChI is InChI=1S/C26H38N2O4/c1-19-5-6-21-18-28(15-16-31-22(21)17-19)23(29)20-7-9-26(10-8-20)11-13-27(14-12-26)24(30)32-25(2,3)4/h5-6,17,20H,7-16,18H2,1-4H3. The molecule has 6 heteroatoms. The van der Waals surface area contributed by atoms with E-state index >= 15 is 0 Å². The van der Waals surface area contributed by atoms with Crippen molar-refractivity contribution in [2.75, 3.05) is 26.2 Å². The number of hydrogen-bond acceptors (Lipinski definition) is 4. The Labute approximate surface area is 192 Å². The second kappa shape index (κ2) is 8.95. The predicted molar refractivity (Wildman–Crippen MR) is 124 cm³/mol. The lowest BCUT2D eigenvalue weighted by Crippen LogP contribution is -2.47. The van der Waals surface area contributed by atoms with Crippen LogP contribution in [0.4, 0.5) is 4.79 Å². The summed E-state index contributed by atoms with van der Waals surface area (Å²) in [5, 5.41) is 0. The van der Waals surface area contributed by atoms with E-state index in [4.69, 9.17) is 9.47 Å². The number of nitrogens with zero attached hydrogens (tertiary/aromatic N) is 2. The first kappa shape index (κ1) is 22.9. The molecule has 2 fully saturated rings. The summed E-state index contributed by atoms with van der Waals surface area (Å²) in [5.41, 5.74) is 2.10. The second-order valence-electron chi connectivity index (χ2n) is 11.0. The second-order valence-corrected chi connectivity index (χ2v) is 11.0. The van der Waals surface area contributed by atoms with Gasteiger partial charge in [-0.1, -0.05) is 12.1 Å². The Morgan fingerprint density at radius 2 is 1.72 bits per heavy atom. The lowest BCUT2D eigenvalue weighted by atomic mass is 9.65. The van der Waals surface area contributed by atoms with Crippen molar-refractivity contribution in [3.05, 3.63) is 29.3 Å². The number of rotatable bonds is 1. The number of hydrogen-bond donors (Lipinski definition) is 0. The summed E-state index contributed by atoms with van der Waals surface area (Å²) in [5.74, 6) is 1.30. The first-order valence-corrected chi connectivity index (χ1v) is 12.1. The molecule has 6 nitrogen and oxygen atoms in total. The van der Waals surface area contributed by atoms with Gasteiger partial charge in [-0.05, 0) is 83.3 Å². The van der Waals surface area contributed by atoms with Crippen LogP contribution in [0, 0.1) is 18.3 Å². The van der Waals surface area contributed by atoms with Gasteiger partial charge >= 0.3 is 6.09 Å². The molecule has 1 aliphatic carbocycles. The van der Waals surface area contributed by atoms with Gasteiger partial charge in [0.2, 0.25) is 5.91 Å². The summed E-state index contributed by atoms with van der Waals surface area (Å²) in [6.07, 6.45) is 5.87. The van der Waals surface area contributed by atoms with Gasteiger partial charge in [0.25, 0.3) is 0 Å². The number of fused-ring (bicyclic) bond motifs is 1. The van der Waals surface area contributed by atoms with E-state index in [0.29, 0.717) is 19.7 Å². The van der Waals surface area contributed by atoms with E-state index in [0.717, 1.165) is 62.9 Å². The Morgan fingerprint density at radius 3 is 2.38 bits per heavy atom. The van der Waals surface area contributed by atoms with E-state index in [-0.39, 0.29) is 23.3 Å². The Kier molecular flexibility index (Phi) is 6.42. The molecule has 2 aliphatic heterocycles. The molecule has 0 unspecified atom stereocenters. The summed E-state index contributed by atoms with van der Waals surface area (Å²) in [6.45, 7) is 11.1. The van der Waals surface area contributed by atoms with Gasteiger partial charge in [-0.25, -0.2) is 4.79 Å². The average Bonchev–Trinajstić information content (AvgIpc) is 2.95. The highest BCUT2D eigenvalue weighted by Gasteiger charge is 2.42. The molecular formula is C26H38N2O4. The van der Waals surface area contributed by atoms with Gasteiger partial charge in [-0.3, -0.25) is 4.79 Å². The molecular weight excluding hydrogens is 404 g/mol. The number of carbonyl (C=O) groups is 2. The molecule has 0 aromatic heterocycles. The van der Waals surface area contributed by atoms with Gasteiger partial charge in [0.1, 0.15) is 18.0 Å². The van der Waals surface area contributed by atoms with E-state index in [1.54, 1.807) is 0 Å². The minimum atomic E-state index is -0.456. The number of amides is 2. The third-order valence-corrected chi connectivity index (χ3v) is 7.39. The molecule has 4 rings (SSSR count). The Morgan fingerprint density at radius 1 is 1.03 bits per heavy atom. The number of likely N-dealkylation sites (tertiary alicyclic amines) is 1. The summed E-state index contributed by atoms with van der Waals surface area (Å²) in [6, 6.07) is 6.24. The van der Waals surface area contributed by atoms with Crippen LogP contribution >= 0.6 is 0 Å². The summed E-state index contributed by atoms with van der Waals surface area (Å²) < 4.78 is 11.4. The van der Waals surface area contributed by atoms with Crippen LogP contribution in [0.3, 0.4) is 0 Å². The number of aryl methyl sites for hydroxylation is 1. The predicted octanol–water partition coefficient (Wildman–Crippen LogP) is 4.92. The minimum Gasteiger partial charge on any atom is -0.491 e. The van der Waals surface area contributed by atoms with Gasteiger partial charge in [0.05, 0.1) is 6.54 Å². The van der Waals surface area contributed by atoms with Gasteiger partial charge < -0.3 is 19.3 Å². The van der Waals surface area contributed by atoms with Crippen LogP contribution in [0.2, 0.25) is 0 Å². The zero-order chi connectivity index (χ0) is 22.9. The number of benzene rings is 1. The van der Waals surface area contributed by atoms with E-state index in [1.807, 2.05) is 30.6 Å². The highest BCUT2D eigenvalue weighted by molar-refractivity contribution is 5.79. The molecule has 0 atom stereocenters. The Bertz CT molecular complexity index is 842. The van der Waals surface area contributed by atoms with Crippen molar-refractivity contribution in [2.45, 2.75) is 78.4 Å². The number of carbonyl (C=O) groups excluding carboxylic acids is 2. The molecule has 2 amide bonds. The van der Waals surface area contributed by atoms with Crippen LogP contribution in [-0.2, 0) is 16.1 Å². The van der Waals surface area contributed by atoms with Crippen molar-refractivity contribution in [3.8, 4) is 5.75 Å². The Balaban J connectivity index is 1.30. The van der Waals surface area contributed by atoms with Gasteiger partial charge in [0.15, 0.2) is 0 Å². The van der Waals surface area contributed by atoms with Crippen LogP contribution in [-0.4, -0.2) is 53.6 Å². The first-order chi connectivity index (χ1) is 15.1. The normalized spacial score (nSPS) is 21.5. The van der Waals surface area contributed by atoms with E-state index in [1.165, 1.54) is 5.56 Å². The van der Waals surface area contributed by atoms with Gasteiger partial charge in [0, 0.05) is 31.1 Å². The third-order valence-electron chi connectivity index (χ3n) is 7.39. The van der Waals surface area contributed by atoms with Crippen LogP contribution in [0.5, 0.6) is 5.75 Å². The summed E-state index contributed by atoms with van der Waals surface area (Å²) in [7, 11) is 0. The highest BCUT2D eigenvalue weighted by atomic mass is 16.6. The van der Waals surface area contributed by atoms with Crippen molar-refractivity contribution in [1.29, 1.82) is 0 Å². The molecule has 0 radical (unpaired) electrons. The van der Waals surface area contributed by atoms with Crippen LogP contribution in [0.1, 0.15) is 70.4 Å². The molecule has 1 spiro atoms. The molecule has 1 aromatic carbocycles. The molecule has 1 aromatic rings. The maximum Gasteiger partial charge on any atom is 0.410 e. The highest BCUT2D eigenvalue weighted by Crippen LogP contribution is 2.47. The molecule has 2 heterocycles. The van der Waals surface area contributed by atoms with E-state index < -0.39 is 5.60 Å². The van der Waals surface area contributed by atoms with Gasteiger partial charge in [-0.15, -0.1) is 0 Å². The number of ether oxygens (including phenoxy) is 2. The monoisotopic (exact) mass is 442 g/mol. The fraction of sp³-hybridized carbons (Fsp3) is 0.692. The van der Waals surface area contributed by atoms with Crippen LogP contribution in [0.15, 0.2) is 18.2 Å². The Hall–Kier alpha value is -2.24. The molecule has 3 aliphatic rings. The zero-order valence-corrected chi connectivity index (χ0v) is 20.1. The lowest BCUT2D eigenvalue weighted by molar-refractivity contribution is -0.138. The summed E-state index contributed by atoms with van der Waals surface area (Å²) in [4.78, 5) is 29.6. The maximum absolute atomic E-state index is 13.3. The molecule has 1 saturated carbocycles. The third kappa shape index (κ3) is 5.21. The number of piperidine rings is 1. The van der Waals surface area contributed by atoms with Crippen molar-refractivity contribution < 1.29 is 19.1 Å². The molecule has 176 valence electrons. The smallest absolute Gasteiger partial charge is 0.410 e. The molecule has 0 N–H and O–H groups in total. The largest absolute Gasteiger partial charge is 0.491 e. The lowest BCUT2D eigenvalue weighted by Gasteiger charge is -2.46. The van der Waals surface area contributed by atoms with Crippen LogP contribution < -0.4 is 4.74 Å². The molecule has 1 saturated heterocycles.